The zero-order valence-corrected chi connectivity index (χ0v) is 21.0. The highest BCUT2D eigenvalue weighted by Gasteiger charge is 2.19. The molecule has 3 heterocycles. The molecule has 182 valence electrons. The molecule has 1 saturated heterocycles. The monoisotopic (exact) mass is 511 g/mol. The lowest BCUT2D eigenvalue weighted by Gasteiger charge is -2.30. The molecular formula is C24H26ClN7O2S. The molecule has 0 saturated carbocycles. The number of rotatable bonds is 6. The number of carbonyl (C=O) groups excluding carboxylic acids is 2. The summed E-state index contributed by atoms with van der Waals surface area (Å²) in [6, 6.07) is 11.0. The van der Waals surface area contributed by atoms with Crippen LogP contribution in [0.4, 0.5) is 11.1 Å². The predicted octanol–water partition coefficient (Wildman–Crippen LogP) is 3.52. The van der Waals surface area contributed by atoms with Crippen molar-refractivity contribution in [3.63, 3.8) is 0 Å². The van der Waals surface area contributed by atoms with Crippen LogP contribution in [0.25, 0.3) is 21.3 Å². The number of anilines is 2. The second-order valence-corrected chi connectivity index (χ2v) is 10.3. The van der Waals surface area contributed by atoms with Crippen LogP contribution in [-0.2, 0) is 11.8 Å². The van der Waals surface area contributed by atoms with Gasteiger partial charge in [0, 0.05) is 30.2 Å². The fourth-order valence-electron chi connectivity index (χ4n) is 4.33. The van der Waals surface area contributed by atoms with Gasteiger partial charge in [0.15, 0.2) is 5.13 Å². The largest absolute Gasteiger partial charge is 0.351 e. The van der Waals surface area contributed by atoms with Crippen LogP contribution in [0.3, 0.4) is 0 Å². The molecule has 9 nitrogen and oxygen atoms in total. The highest BCUT2D eigenvalue weighted by atomic mass is 35.5. The first-order valence-electron chi connectivity index (χ1n) is 11.4. The van der Waals surface area contributed by atoms with Gasteiger partial charge in [0.05, 0.1) is 27.8 Å². The molecule has 0 spiro atoms. The Balaban J connectivity index is 1.25. The van der Waals surface area contributed by atoms with Gasteiger partial charge in [0.2, 0.25) is 11.9 Å². The van der Waals surface area contributed by atoms with Crippen LogP contribution in [0.1, 0.15) is 23.2 Å². The molecule has 1 aliphatic heterocycles. The normalized spacial score (nSPS) is 16.5. The number of likely N-dealkylation sites (tertiary alicyclic amines) is 1. The van der Waals surface area contributed by atoms with E-state index >= 15 is 0 Å². The number of hydrogen-bond acceptors (Lipinski definition) is 7. The standard InChI is InChI=1S/C24H26ClN7O2S/c1-31-9-3-4-16(13-31)27-21(33)12-26-22(34)14-5-8-19-18(10-14)28-23(32(19)2)30-24-29-17-7-6-15(25)11-20(17)35-24/h5-8,10-11,16H,3-4,9,12-13H2,1-2H3,(H,26,34)(H,27,33)(H,28,29,30). The summed E-state index contributed by atoms with van der Waals surface area (Å²) < 4.78 is 2.89. The zero-order chi connectivity index (χ0) is 24.5. The average molecular weight is 512 g/mol. The number of nitrogens with zero attached hydrogens (tertiary/aromatic N) is 4. The third-order valence-electron chi connectivity index (χ3n) is 6.11. The molecule has 1 fully saturated rings. The number of aromatic nitrogens is 3. The molecule has 2 amide bonds. The number of imidazole rings is 1. The molecule has 1 unspecified atom stereocenters. The number of amides is 2. The minimum atomic E-state index is -0.314. The second kappa shape index (κ2) is 9.80. The van der Waals surface area contributed by atoms with E-state index in [9.17, 15) is 9.59 Å². The quantitative estimate of drug-likeness (QED) is 0.366. The number of carbonyl (C=O) groups is 2. The maximum Gasteiger partial charge on any atom is 0.251 e. The molecule has 0 radical (unpaired) electrons. The van der Waals surface area contributed by atoms with Gasteiger partial charge in [-0.05, 0) is 62.8 Å². The Kier molecular flexibility index (Phi) is 6.59. The van der Waals surface area contributed by atoms with Crippen molar-refractivity contribution in [1.82, 2.24) is 30.1 Å². The number of halogens is 1. The van der Waals surface area contributed by atoms with Crippen LogP contribution in [-0.4, -0.2) is 64.0 Å². The van der Waals surface area contributed by atoms with E-state index in [2.05, 4.69) is 30.8 Å². The van der Waals surface area contributed by atoms with Gasteiger partial charge in [-0.15, -0.1) is 0 Å². The van der Waals surface area contributed by atoms with Gasteiger partial charge >= 0.3 is 0 Å². The van der Waals surface area contributed by atoms with Gasteiger partial charge in [-0.2, -0.15) is 0 Å². The van der Waals surface area contributed by atoms with Crippen molar-refractivity contribution in [3.05, 3.63) is 47.0 Å². The van der Waals surface area contributed by atoms with Crippen molar-refractivity contribution in [1.29, 1.82) is 0 Å². The molecular weight excluding hydrogens is 486 g/mol. The Morgan fingerprint density at radius 1 is 1.14 bits per heavy atom. The van der Waals surface area contributed by atoms with Crippen LogP contribution in [0.15, 0.2) is 36.4 Å². The summed E-state index contributed by atoms with van der Waals surface area (Å²) in [6.45, 7) is 1.82. The van der Waals surface area contributed by atoms with Gasteiger partial charge in [0.1, 0.15) is 0 Å². The Labute approximate surface area is 211 Å². The van der Waals surface area contributed by atoms with Gasteiger partial charge in [-0.1, -0.05) is 22.9 Å². The van der Waals surface area contributed by atoms with Crippen molar-refractivity contribution in [2.45, 2.75) is 18.9 Å². The van der Waals surface area contributed by atoms with Gasteiger partial charge < -0.3 is 25.4 Å². The highest BCUT2D eigenvalue weighted by Crippen LogP contribution is 2.31. The highest BCUT2D eigenvalue weighted by molar-refractivity contribution is 7.22. The Morgan fingerprint density at radius 2 is 2.00 bits per heavy atom. The SMILES string of the molecule is CN1CCCC(NC(=O)CNC(=O)c2ccc3c(c2)nc(Nc2nc4ccc(Cl)cc4s2)n3C)C1. The fourth-order valence-corrected chi connectivity index (χ4v) is 5.46. The Hall–Kier alpha value is -3.21. The van der Waals surface area contributed by atoms with Crippen molar-refractivity contribution < 1.29 is 9.59 Å². The lowest BCUT2D eigenvalue weighted by molar-refractivity contribution is -0.121. The third kappa shape index (κ3) is 5.24. The van der Waals surface area contributed by atoms with Crippen molar-refractivity contribution in [2.75, 3.05) is 32.0 Å². The van der Waals surface area contributed by atoms with Gasteiger partial charge in [-0.3, -0.25) is 9.59 Å². The van der Waals surface area contributed by atoms with E-state index in [0.717, 1.165) is 41.7 Å². The fraction of sp³-hybridized carbons (Fsp3) is 0.333. The first kappa shape index (κ1) is 23.5. The van der Waals surface area contributed by atoms with E-state index in [0.29, 0.717) is 27.2 Å². The minimum absolute atomic E-state index is 0.0618. The smallest absolute Gasteiger partial charge is 0.251 e. The third-order valence-corrected chi connectivity index (χ3v) is 7.28. The summed E-state index contributed by atoms with van der Waals surface area (Å²) >= 11 is 7.57. The molecule has 5 rings (SSSR count). The number of fused-ring (bicyclic) bond motifs is 2. The van der Waals surface area contributed by atoms with E-state index in [4.69, 9.17) is 11.6 Å². The maximum absolute atomic E-state index is 12.7. The number of hydrogen-bond donors (Lipinski definition) is 3. The molecule has 3 N–H and O–H groups in total. The van der Waals surface area contributed by atoms with E-state index < -0.39 is 0 Å². The van der Waals surface area contributed by atoms with Crippen molar-refractivity contribution >= 4 is 67.1 Å². The van der Waals surface area contributed by atoms with Crippen LogP contribution >= 0.6 is 22.9 Å². The topological polar surface area (TPSA) is 104 Å². The first-order valence-corrected chi connectivity index (χ1v) is 12.6. The lowest BCUT2D eigenvalue weighted by atomic mass is 10.1. The molecule has 0 aliphatic carbocycles. The average Bonchev–Trinajstić information content (AvgIpc) is 3.36. The summed E-state index contributed by atoms with van der Waals surface area (Å²) in [5.74, 6) is 0.117. The van der Waals surface area contributed by atoms with E-state index in [1.807, 2.05) is 42.9 Å². The minimum Gasteiger partial charge on any atom is -0.351 e. The second-order valence-electron chi connectivity index (χ2n) is 8.81. The summed E-state index contributed by atoms with van der Waals surface area (Å²) in [5.41, 5.74) is 2.84. The summed E-state index contributed by atoms with van der Waals surface area (Å²) in [4.78, 5) is 36.4. The van der Waals surface area contributed by atoms with E-state index in [-0.39, 0.29) is 24.4 Å². The Morgan fingerprint density at radius 3 is 2.83 bits per heavy atom. The van der Waals surface area contributed by atoms with Crippen molar-refractivity contribution in [2.24, 2.45) is 7.05 Å². The van der Waals surface area contributed by atoms with Crippen molar-refractivity contribution in [3.8, 4) is 0 Å². The maximum atomic E-state index is 12.7. The van der Waals surface area contributed by atoms with Crippen LogP contribution in [0.2, 0.25) is 5.02 Å². The molecule has 11 heteroatoms. The molecule has 4 aromatic rings. The Bertz CT molecular complexity index is 1420. The number of thiazole rings is 1. The summed E-state index contributed by atoms with van der Waals surface area (Å²) in [7, 11) is 3.94. The molecule has 35 heavy (non-hydrogen) atoms. The summed E-state index contributed by atoms with van der Waals surface area (Å²) in [6.07, 6.45) is 2.02. The molecule has 1 atom stereocenters. The van der Waals surface area contributed by atoms with Crippen LogP contribution in [0.5, 0.6) is 0 Å². The first-order chi connectivity index (χ1) is 16.9. The zero-order valence-electron chi connectivity index (χ0n) is 19.5. The van der Waals surface area contributed by atoms with Gasteiger partial charge in [-0.25, -0.2) is 9.97 Å². The van der Waals surface area contributed by atoms with E-state index in [1.54, 1.807) is 12.1 Å². The number of likely N-dealkylation sites (N-methyl/N-ethyl adjacent to an activating group) is 1. The predicted molar refractivity (Wildman–Crippen MR) is 140 cm³/mol. The number of benzene rings is 2. The van der Waals surface area contributed by atoms with Gasteiger partial charge in [0.25, 0.3) is 5.91 Å². The molecule has 2 aromatic carbocycles. The number of aryl methyl sites for hydroxylation is 1. The summed E-state index contributed by atoms with van der Waals surface area (Å²) in [5, 5.41) is 10.3. The van der Waals surface area contributed by atoms with E-state index in [1.165, 1.54) is 11.3 Å². The molecule has 2 aromatic heterocycles. The lowest BCUT2D eigenvalue weighted by Crippen LogP contribution is -2.49. The molecule has 1 aliphatic rings. The number of piperidine rings is 1. The van der Waals surface area contributed by atoms with Crippen LogP contribution < -0.4 is 16.0 Å². The molecule has 0 bridgehead atoms. The van der Waals surface area contributed by atoms with Crippen LogP contribution in [0, 0.1) is 0 Å². The number of nitrogens with one attached hydrogen (secondary N) is 3.